The number of likely N-dealkylation sites (tertiary alicyclic amines) is 3. The van der Waals surface area contributed by atoms with Crippen molar-refractivity contribution < 1.29 is 28.7 Å². The Morgan fingerprint density at radius 2 is 1.43 bits per heavy atom. The third-order valence-corrected chi connectivity index (χ3v) is 15.2. The lowest BCUT2D eigenvalue weighted by Gasteiger charge is -2.44. The van der Waals surface area contributed by atoms with Gasteiger partial charge in [-0.1, -0.05) is 18.2 Å². The number of fused-ring (bicyclic) bond motifs is 2. The number of nitrogens with zero attached hydrogens (tertiary/aromatic N) is 10. The van der Waals surface area contributed by atoms with Gasteiger partial charge in [0.2, 0.25) is 11.8 Å². The second-order valence-corrected chi connectivity index (χ2v) is 19.4. The lowest BCUT2D eigenvalue weighted by Crippen LogP contribution is -2.54. The molecule has 5 fully saturated rings. The van der Waals surface area contributed by atoms with E-state index in [1.165, 1.54) is 6.33 Å². The number of rotatable bonds is 9. The number of piperidine rings is 4. The maximum Gasteiger partial charge on any atom is 0.319 e. The Balaban J connectivity index is 0.639. The van der Waals surface area contributed by atoms with E-state index in [9.17, 15) is 24.0 Å². The standard InChI is InChI=1S/C51H58N12O6/c52-46-44-45(34-8-11-39(12-9-34)69-38-6-2-1-3-7-38)56-63(47(44)54-32-53-46)37-5-4-20-61(31-37)35-18-23-60(24-19-35)51(68)59-21-16-33(17-22-59)30-57-25-27-58(28-26-57)36-10-13-40-41(29-36)50(67)62(49(40)66)42-14-15-43(64)55-48(42)65/h1-3,6-13,29,32-33,35,37,42H,4-5,14-28,30-31H2,(H2,52,53,54)(H,55,64,65)/t37-,42?/m1/s1. The van der Waals surface area contributed by atoms with Crippen molar-refractivity contribution in [1.82, 2.24) is 49.6 Å². The number of amides is 6. The Bertz CT molecular complexity index is 2760. The van der Waals surface area contributed by atoms with Gasteiger partial charge in [0.15, 0.2) is 5.65 Å². The minimum absolute atomic E-state index is 0.0889. The van der Waals surface area contributed by atoms with Crippen LogP contribution in [0.1, 0.15) is 78.1 Å². The van der Waals surface area contributed by atoms with Crippen LogP contribution in [0.25, 0.3) is 22.3 Å². The van der Waals surface area contributed by atoms with Crippen molar-refractivity contribution >= 4 is 52.2 Å². The summed E-state index contributed by atoms with van der Waals surface area (Å²) >= 11 is 0. The molecule has 6 aliphatic rings. The number of carbonyl (C=O) groups is 5. The van der Waals surface area contributed by atoms with Gasteiger partial charge in [0.1, 0.15) is 35.4 Å². The first-order chi connectivity index (χ1) is 33.6. The maximum absolute atomic E-state index is 13.9. The van der Waals surface area contributed by atoms with Crippen LogP contribution in [-0.2, 0) is 9.59 Å². The summed E-state index contributed by atoms with van der Waals surface area (Å²) < 4.78 is 8.10. The third-order valence-electron chi connectivity index (χ3n) is 15.2. The molecule has 0 bridgehead atoms. The molecule has 0 radical (unpaired) electrons. The van der Waals surface area contributed by atoms with Crippen LogP contribution in [0.3, 0.4) is 0 Å². The summed E-state index contributed by atoms with van der Waals surface area (Å²) in [6.45, 7) is 9.25. The van der Waals surface area contributed by atoms with Crippen molar-refractivity contribution in [3.8, 4) is 22.8 Å². The zero-order valence-electron chi connectivity index (χ0n) is 38.7. The van der Waals surface area contributed by atoms with Gasteiger partial charge in [0.25, 0.3) is 11.8 Å². The fraction of sp³-hybridized carbons (Fsp3) is 0.451. The van der Waals surface area contributed by atoms with Gasteiger partial charge in [-0.05, 0) is 112 Å². The third kappa shape index (κ3) is 8.86. The van der Waals surface area contributed by atoms with Crippen molar-refractivity contribution in [2.24, 2.45) is 5.92 Å². The topological polar surface area (TPSA) is 196 Å². The molecule has 2 atom stereocenters. The number of urea groups is 1. The van der Waals surface area contributed by atoms with Gasteiger partial charge in [0, 0.05) is 89.2 Å². The quantitative estimate of drug-likeness (QED) is 0.187. The highest BCUT2D eigenvalue weighted by Crippen LogP contribution is 2.37. The molecule has 0 saturated carbocycles. The van der Waals surface area contributed by atoms with Gasteiger partial charge >= 0.3 is 6.03 Å². The first kappa shape index (κ1) is 44.6. The Labute approximate surface area is 400 Å². The molecule has 0 spiro atoms. The van der Waals surface area contributed by atoms with E-state index in [-0.39, 0.29) is 24.9 Å². The molecule has 11 rings (SSSR count). The highest BCUT2D eigenvalue weighted by molar-refractivity contribution is 6.23. The van der Waals surface area contributed by atoms with Crippen LogP contribution in [0.4, 0.5) is 16.3 Å². The van der Waals surface area contributed by atoms with E-state index in [1.807, 2.05) is 60.7 Å². The molecule has 6 amide bonds. The molecular formula is C51H58N12O6. The number of carbonyl (C=O) groups excluding carboxylic acids is 5. The van der Waals surface area contributed by atoms with Crippen molar-refractivity contribution in [3.05, 3.63) is 90.3 Å². The number of anilines is 2. The van der Waals surface area contributed by atoms with Gasteiger partial charge in [-0.3, -0.25) is 39.2 Å². The van der Waals surface area contributed by atoms with Gasteiger partial charge in [-0.2, -0.15) is 5.10 Å². The average Bonchev–Trinajstić information content (AvgIpc) is 3.89. The van der Waals surface area contributed by atoms with Gasteiger partial charge in [0.05, 0.1) is 22.6 Å². The van der Waals surface area contributed by atoms with E-state index in [1.54, 1.807) is 12.1 Å². The molecule has 0 aliphatic carbocycles. The molecule has 3 N–H and O–H groups in total. The van der Waals surface area contributed by atoms with Crippen molar-refractivity contribution in [3.63, 3.8) is 0 Å². The smallest absolute Gasteiger partial charge is 0.319 e. The summed E-state index contributed by atoms with van der Waals surface area (Å²) in [4.78, 5) is 86.1. The summed E-state index contributed by atoms with van der Waals surface area (Å²) in [5.41, 5.74) is 10.4. The molecular weight excluding hydrogens is 877 g/mol. The fourth-order valence-corrected chi connectivity index (χ4v) is 11.4. The lowest BCUT2D eigenvalue weighted by atomic mass is 9.95. The van der Waals surface area contributed by atoms with Crippen LogP contribution in [0.15, 0.2) is 79.1 Å². The number of piperazine rings is 1. The van der Waals surface area contributed by atoms with Crippen LogP contribution >= 0.6 is 0 Å². The molecule has 6 aliphatic heterocycles. The lowest BCUT2D eigenvalue weighted by molar-refractivity contribution is -0.136. The van der Waals surface area contributed by atoms with Crippen LogP contribution in [-0.4, -0.2) is 158 Å². The average molecular weight is 935 g/mol. The predicted molar refractivity (Wildman–Crippen MR) is 258 cm³/mol. The number of nitrogens with one attached hydrogen (secondary N) is 1. The summed E-state index contributed by atoms with van der Waals surface area (Å²) in [7, 11) is 0. The maximum atomic E-state index is 13.9. The highest BCUT2D eigenvalue weighted by atomic mass is 16.5. The highest BCUT2D eigenvalue weighted by Gasteiger charge is 2.45. The molecule has 3 aromatic carbocycles. The predicted octanol–water partition coefficient (Wildman–Crippen LogP) is 5.02. The van der Waals surface area contributed by atoms with Crippen LogP contribution in [0.2, 0.25) is 0 Å². The number of para-hydroxylation sites is 1. The van der Waals surface area contributed by atoms with Gasteiger partial charge in [-0.15, -0.1) is 0 Å². The summed E-state index contributed by atoms with van der Waals surface area (Å²) in [5, 5.41) is 8.19. The zero-order valence-corrected chi connectivity index (χ0v) is 38.7. The number of nitrogen functional groups attached to an aromatic ring is 1. The molecule has 8 heterocycles. The van der Waals surface area contributed by atoms with E-state index in [0.29, 0.717) is 28.9 Å². The summed E-state index contributed by atoms with van der Waals surface area (Å²) in [6.07, 6.45) is 7.63. The number of ether oxygens (including phenoxy) is 1. The summed E-state index contributed by atoms with van der Waals surface area (Å²) in [6, 6.07) is 22.7. The van der Waals surface area contributed by atoms with E-state index in [2.05, 4.69) is 39.5 Å². The number of hydrogen-bond acceptors (Lipinski definition) is 13. The molecule has 5 aromatic rings. The van der Waals surface area contributed by atoms with Crippen molar-refractivity contribution in [1.29, 1.82) is 0 Å². The van der Waals surface area contributed by atoms with Gasteiger partial charge < -0.3 is 25.2 Å². The monoisotopic (exact) mass is 934 g/mol. The van der Waals surface area contributed by atoms with E-state index < -0.39 is 29.7 Å². The number of nitrogens with two attached hydrogens (primary N) is 1. The molecule has 2 aromatic heterocycles. The number of benzene rings is 3. The van der Waals surface area contributed by atoms with E-state index in [0.717, 1.165) is 155 Å². The van der Waals surface area contributed by atoms with E-state index in [4.69, 9.17) is 20.6 Å². The fourth-order valence-electron chi connectivity index (χ4n) is 11.4. The van der Waals surface area contributed by atoms with Gasteiger partial charge in [-0.25, -0.2) is 19.4 Å². The Kier molecular flexibility index (Phi) is 12.2. The molecule has 1 unspecified atom stereocenters. The van der Waals surface area contributed by atoms with Crippen molar-refractivity contribution in [2.45, 2.75) is 69.5 Å². The van der Waals surface area contributed by atoms with Crippen LogP contribution < -0.4 is 20.7 Å². The first-order valence-corrected chi connectivity index (χ1v) is 24.6. The van der Waals surface area contributed by atoms with Crippen LogP contribution in [0, 0.1) is 5.92 Å². The number of imide groups is 2. The number of aromatic nitrogens is 4. The van der Waals surface area contributed by atoms with E-state index >= 15 is 0 Å². The number of hydrogen-bond donors (Lipinski definition) is 2. The molecule has 5 saturated heterocycles. The largest absolute Gasteiger partial charge is 0.457 e. The Hall–Kier alpha value is -6.92. The Morgan fingerprint density at radius 1 is 0.725 bits per heavy atom. The van der Waals surface area contributed by atoms with Crippen molar-refractivity contribution in [2.75, 3.05) is 82.6 Å². The normalized spacial score (nSPS) is 22.4. The van der Waals surface area contributed by atoms with Crippen LogP contribution in [0.5, 0.6) is 11.5 Å². The molecule has 18 heteroatoms. The second-order valence-electron chi connectivity index (χ2n) is 19.4. The molecule has 69 heavy (non-hydrogen) atoms. The molecule has 358 valence electrons. The first-order valence-electron chi connectivity index (χ1n) is 24.6. The summed E-state index contributed by atoms with van der Waals surface area (Å²) in [5.74, 6) is 0.461. The SMILES string of the molecule is Nc1ncnc2c1c(-c1ccc(Oc3ccccc3)cc1)nn2[C@@H]1CCCN(C2CCN(C(=O)N3CCC(CN4CCN(c5ccc6c(c5)C(=O)N(C5CCC(=O)NC5=O)C6=O)CC4)CC3)CC2)C1. The zero-order chi connectivity index (χ0) is 47.2. The minimum atomic E-state index is -0.979. The molecule has 18 nitrogen and oxygen atoms in total. The Morgan fingerprint density at radius 3 is 2.17 bits per heavy atom. The second kappa shape index (κ2) is 18.9. The minimum Gasteiger partial charge on any atom is -0.457 e.